The number of ether oxygens (including phenoxy) is 1. The Labute approximate surface area is 111 Å². The van der Waals surface area contributed by atoms with Crippen molar-refractivity contribution in [1.82, 2.24) is 4.90 Å². The summed E-state index contributed by atoms with van der Waals surface area (Å²) in [6.07, 6.45) is 6.28. The highest BCUT2D eigenvalue weighted by Gasteiger charge is 2.18. The summed E-state index contributed by atoms with van der Waals surface area (Å²) in [5, 5.41) is 0. The van der Waals surface area contributed by atoms with Gasteiger partial charge in [-0.1, -0.05) is 6.92 Å². The Balaban J connectivity index is 2.19. The Morgan fingerprint density at radius 2 is 2.22 bits per heavy atom. The van der Waals surface area contributed by atoms with Crippen molar-refractivity contribution in [2.45, 2.75) is 51.6 Å². The molecule has 1 fully saturated rings. The maximum Gasteiger partial charge on any atom is 0.222 e. The number of nitrogens with zero attached hydrogens (tertiary/aromatic N) is 1. The highest BCUT2D eigenvalue weighted by Crippen LogP contribution is 2.15. The van der Waals surface area contributed by atoms with E-state index in [1.165, 1.54) is 6.42 Å². The summed E-state index contributed by atoms with van der Waals surface area (Å²) < 4.78 is 5.65. The van der Waals surface area contributed by atoms with E-state index in [4.69, 9.17) is 10.5 Å². The predicted molar refractivity (Wildman–Crippen MR) is 73.3 cm³/mol. The summed E-state index contributed by atoms with van der Waals surface area (Å²) in [6, 6.07) is 0. The molecule has 106 valence electrons. The van der Waals surface area contributed by atoms with Gasteiger partial charge in [0.2, 0.25) is 5.91 Å². The lowest BCUT2D eigenvalue weighted by Gasteiger charge is -2.27. The summed E-state index contributed by atoms with van der Waals surface area (Å²) in [6.45, 7) is 4.45. The van der Waals surface area contributed by atoms with Crippen LogP contribution in [0.2, 0.25) is 0 Å². The molecule has 0 radical (unpaired) electrons. The van der Waals surface area contributed by atoms with Crippen LogP contribution in [0.3, 0.4) is 0 Å². The Morgan fingerprint density at radius 1 is 1.44 bits per heavy atom. The normalized spacial score (nSPS) is 21.6. The van der Waals surface area contributed by atoms with Crippen molar-refractivity contribution >= 4 is 5.91 Å². The summed E-state index contributed by atoms with van der Waals surface area (Å²) >= 11 is 0. The molecule has 0 aromatic carbocycles. The van der Waals surface area contributed by atoms with E-state index in [0.717, 1.165) is 38.8 Å². The number of rotatable bonds is 7. The minimum atomic E-state index is 0.230. The third-order valence-electron chi connectivity index (χ3n) is 3.69. The SMILES string of the molecule is CC(CCN)CCC(=O)N(C)CC1CCCCO1. The van der Waals surface area contributed by atoms with Crippen LogP contribution in [-0.2, 0) is 9.53 Å². The maximum absolute atomic E-state index is 12.0. The van der Waals surface area contributed by atoms with Gasteiger partial charge in [0.1, 0.15) is 0 Å². The van der Waals surface area contributed by atoms with Gasteiger partial charge in [0.15, 0.2) is 0 Å². The number of hydrogen-bond acceptors (Lipinski definition) is 3. The molecule has 4 heteroatoms. The minimum absolute atomic E-state index is 0.230. The van der Waals surface area contributed by atoms with Gasteiger partial charge in [-0.05, 0) is 44.6 Å². The predicted octanol–water partition coefficient (Wildman–Crippen LogP) is 1.78. The van der Waals surface area contributed by atoms with Crippen LogP contribution >= 0.6 is 0 Å². The smallest absolute Gasteiger partial charge is 0.222 e. The fraction of sp³-hybridized carbons (Fsp3) is 0.929. The Bertz CT molecular complexity index is 240. The van der Waals surface area contributed by atoms with Crippen LogP contribution in [0.1, 0.15) is 45.4 Å². The van der Waals surface area contributed by atoms with Gasteiger partial charge < -0.3 is 15.4 Å². The molecule has 1 aliphatic rings. The molecular formula is C14H28N2O2. The van der Waals surface area contributed by atoms with Gasteiger partial charge in [-0.2, -0.15) is 0 Å². The molecule has 2 unspecified atom stereocenters. The van der Waals surface area contributed by atoms with Crippen molar-refractivity contribution in [3.63, 3.8) is 0 Å². The van der Waals surface area contributed by atoms with Crippen LogP contribution in [-0.4, -0.2) is 43.7 Å². The number of carbonyl (C=O) groups is 1. The first-order valence-electron chi connectivity index (χ1n) is 7.19. The van der Waals surface area contributed by atoms with E-state index in [0.29, 0.717) is 18.9 Å². The quantitative estimate of drug-likeness (QED) is 0.755. The lowest BCUT2D eigenvalue weighted by molar-refractivity contribution is -0.132. The lowest BCUT2D eigenvalue weighted by Crippen LogP contribution is -2.37. The molecule has 1 amide bonds. The van der Waals surface area contributed by atoms with Gasteiger partial charge in [-0.3, -0.25) is 4.79 Å². The van der Waals surface area contributed by atoms with Gasteiger partial charge in [0.05, 0.1) is 6.10 Å². The van der Waals surface area contributed by atoms with Gasteiger partial charge in [-0.25, -0.2) is 0 Å². The molecule has 2 N–H and O–H groups in total. The van der Waals surface area contributed by atoms with E-state index >= 15 is 0 Å². The van der Waals surface area contributed by atoms with Gasteiger partial charge in [0.25, 0.3) is 0 Å². The fourth-order valence-corrected chi connectivity index (χ4v) is 2.35. The van der Waals surface area contributed by atoms with Crippen molar-refractivity contribution in [1.29, 1.82) is 0 Å². The van der Waals surface area contributed by atoms with Crippen molar-refractivity contribution < 1.29 is 9.53 Å². The molecule has 2 atom stereocenters. The van der Waals surface area contributed by atoms with Crippen molar-refractivity contribution in [3.05, 3.63) is 0 Å². The standard InChI is InChI=1S/C14H28N2O2/c1-12(8-9-15)6-7-14(17)16(2)11-13-5-3-4-10-18-13/h12-13H,3-11,15H2,1-2H3. The maximum atomic E-state index is 12.0. The van der Waals surface area contributed by atoms with Crippen molar-refractivity contribution in [3.8, 4) is 0 Å². The Morgan fingerprint density at radius 3 is 2.83 bits per heavy atom. The third kappa shape index (κ3) is 5.83. The number of likely N-dealkylation sites (N-methyl/N-ethyl adjacent to an activating group) is 1. The second-order valence-electron chi connectivity index (χ2n) is 5.48. The molecule has 0 bridgehead atoms. The molecular weight excluding hydrogens is 228 g/mol. The minimum Gasteiger partial charge on any atom is -0.376 e. The Hall–Kier alpha value is -0.610. The highest BCUT2D eigenvalue weighted by atomic mass is 16.5. The molecule has 1 aliphatic heterocycles. The van der Waals surface area contributed by atoms with Gasteiger partial charge in [0, 0.05) is 26.6 Å². The topological polar surface area (TPSA) is 55.6 Å². The molecule has 1 heterocycles. The van der Waals surface area contributed by atoms with E-state index < -0.39 is 0 Å². The lowest BCUT2D eigenvalue weighted by atomic mass is 10.0. The fourth-order valence-electron chi connectivity index (χ4n) is 2.35. The molecule has 1 rings (SSSR count). The third-order valence-corrected chi connectivity index (χ3v) is 3.69. The number of amides is 1. The number of carbonyl (C=O) groups excluding carboxylic acids is 1. The molecule has 0 aliphatic carbocycles. The molecule has 0 aromatic heterocycles. The first-order chi connectivity index (χ1) is 8.63. The zero-order valence-corrected chi connectivity index (χ0v) is 11.9. The summed E-state index contributed by atoms with van der Waals surface area (Å²) in [5.41, 5.74) is 5.51. The molecule has 1 saturated heterocycles. The van der Waals surface area contributed by atoms with Gasteiger partial charge >= 0.3 is 0 Å². The summed E-state index contributed by atoms with van der Waals surface area (Å²) in [5.74, 6) is 0.770. The molecule has 18 heavy (non-hydrogen) atoms. The van der Waals surface area contributed by atoms with Crippen LogP contribution < -0.4 is 5.73 Å². The van der Waals surface area contributed by atoms with E-state index in [1.54, 1.807) is 0 Å². The average molecular weight is 256 g/mol. The Kier molecular flexibility index (Phi) is 7.28. The zero-order valence-electron chi connectivity index (χ0n) is 11.9. The van der Waals surface area contributed by atoms with E-state index in [2.05, 4.69) is 6.92 Å². The summed E-state index contributed by atoms with van der Waals surface area (Å²) in [7, 11) is 1.88. The van der Waals surface area contributed by atoms with Crippen molar-refractivity contribution in [2.24, 2.45) is 11.7 Å². The second kappa shape index (κ2) is 8.48. The number of hydrogen-bond donors (Lipinski definition) is 1. The molecule has 0 aromatic rings. The van der Waals surface area contributed by atoms with Crippen LogP contribution in [0.5, 0.6) is 0 Å². The van der Waals surface area contributed by atoms with Crippen LogP contribution in [0, 0.1) is 5.92 Å². The van der Waals surface area contributed by atoms with Crippen LogP contribution in [0.4, 0.5) is 0 Å². The molecule has 0 saturated carbocycles. The first-order valence-corrected chi connectivity index (χ1v) is 7.19. The van der Waals surface area contributed by atoms with Crippen molar-refractivity contribution in [2.75, 3.05) is 26.7 Å². The van der Waals surface area contributed by atoms with E-state index in [-0.39, 0.29) is 12.0 Å². The summed E-state index contributed by atoms with van der Waals surface area (Å²) in [4.78, 5) is 13.8. The van der Waals surface area contributed by atoms with E-state index in [1.807, 2.05) is 11.9 Å². The molecule has 4 nitrogen and oxygen atoms in total. The largest absolute Gasteiger partial charge is 0.376 e. The van der Waals surface area contributed by atoms with Crippen LogP contribution in [0.25, 0.3) is 0 Å². The average Bonchev–Trinajstić information content (AvgIpc) is 2.37. The monoisotopic (exact) mass is 256 g/mol. The first kappa shape index (κ1) is 15.4. The van der Waals surface area contributed by atoms with Gasteiger partial charge in [-0.15, -0.1) is 0 Å². The zero-order chi connectivity index (χ0) is 13.4. The highest BCUT2D eigenvalue weighted by molar-refractivity contribution is 5.75. The second-order valence-corrected chi connectivity index (χ2v) is 5.48. The van der Waals surface area contributed by atoms with Crippen LogP contribution in [0.15, 0.2) is 0 Å². The number of nitrogens with two attached hydrogens (primary N) is 1. The van der Waals surface area contributed by atoms with E-state index in [9.17, 15) is 4.79 Å². The molecule has 0 spiro atoms.